The van der Waals surface area contributed by atoms with Crippen LogP contribution in [0.5, 0.6) is 5.75 Å². The van der Waals surface area contributed by atoms with Gasteiger partial charge in [0.25, 0.3) is 5.89 Å². The molecule has 0 unspecified atom stereocenters. The van der Waals surface area contributed by atoms with Gasteiger partial charge >= 0.3 is 0 Å². The second-order valence-electron chi connectivity index (χ2n) is 5.14. The molecule has 4 rings (SSSR count). The lowest BCUT2D eigenvalue weighted by molar-refractivity contribution is 0.245. The van der Waals surface area contributed by atoms with Crippen LogP contribution in [-0.4, -0.2) is 10.1 Å². The summed E-state index contributed by atoms with van der Waals surface area (Å²) in [6.45, 7) is 0.244. The van der Waals surface area contributed by atoms with Crippen LogP contribution in [0, 0.1) is 0 Å². The molecule has 0 saturated carbocycles. The largest absolute Gasteiger partial charge is 0.483 e. The van der Waals surface area contributed by atoms with Crippen LogP contribution in [0.4, 0.5) is 0 Å². The number of fused-ring (bicyclic) bond motifs is 1. The average molecular weight is 302 g/mol. The minimum atomic E-state index is 0.244. The summed E-state index contributed by atoms with van der Waals surface area (Å²) in [5, 5.41) is 6.20. The highest BCUT2D eigenvalue weighted by atomic mass is 16.5. The number of rotatable bonds is 4. The van der Waals surface area contributed by atoms with Gasteiger partial charge in [-0.1, -0.05) is 71.9 Å². The Bertz CT molecular complexity index is 927. The van der Waals surface area contributed by atoms with Gasteiger partial charge in [0.2, 0.25) is 5.82 Å². The van der Waals surface area contributed by atoms with Crippen molar-refractivity contribution in [3.05, 3.63) is 78.7 Å². The Labute approximate surface area is 133 Å². The maximum Gasteiger partial charge on any atom is 0.264 e. The summed E-state index contributed by atoms with van der Waals surface area (Å²) < 4.78 is 11.1. The molecule has 112 valence electrons. The van der Waals surface area contributed by atoms with E-state index in [2.05, 4.69) is 22.3 Å². The molecule has 0 aliphatic rings. The first-order valence-electron chi connectivity index (χ1n) is 7.39. The predicted molar refractivity (Wildman–Crippen MR) is 88.0 cm³/mol. The number of hydrogen-bond donors (Lipinski definition) is 0. The zero-order valence-electron chi connectivity index (χ0n) is 12.3. The maximum atomic E-state index is 5.86. The third-order valence-corrected chi connectivity index (χ3v) is 3.60. The third kappa shape index (κ3) is 2.79. The van der Waals surface area contributed by atoms with Crippen molar-refractivity contribution in [1.29, 1.82) is 0 Å². The molecule has 0 aliphatic carbocycles. The minimum Gasteiger partial charge on any atom is -0.483 e. The highest BCUT2D eigenvalue weighted by molar-refractivity contribution is 5.88. The molecule has 0 radical (unpaired) electrons. The topological polar surface area (TPSA) is 48.2 Å². The molecular formula is C19H14N2O2. The Morgan fingerprint density at radius 2 is 1.61 bits per heavy atom. The summed E-state index contributed by atoms with van der Waals surface area (Å²) >= 11 is 0. The van der Waals surface area contributed by atoms with Crippen LogP contribution in [0.15, 0.2) is 77.3 Å². The molecule has 4 heteroatoms. The lowest BCUT2D eigenvalue weighted by Crippen LogP contribution is -1.96. The summed E-state index contributed by atoms with van der Waals surface area (Å²) in [6, 6.07) is 23.8. The van der Waals surface area contributed by atoms with Crippen LogP contribution in [-0.2, 0) is 6.61 Å². The summed E-state index contributed by atoms with van der Waals surface area (Å²) in [6.07, 6.45) is 0. The number of benzene rings is 3. The molecule has 0 aliphatic heterocycles. The van der Waals surface area contributed by atoms with Crippen LogP contribution in [0.3, 0.4) is 0 Å². The fraction of sp³-hybridized carbons (Fsp3) is 0.0526. The van der Waals surface area contributed by atoms with E-state index in [1.807, 2.05) is 60.7 Å². The van der Waals surface area contributed by atoms with Crippen LogP contribution >= 0.6 is 0 Å². The van der Waals surface area contributed by atoms with Crippen LogP contribution in [0.25, 0.3) is 22.2 Å². The van der Waals surface area contributed by atoms with Gasteiger partial charge in [-0.25, -0.2) is 0 Å². The van der Waals surface area contributed by atoms with E-state index in [1.54, 1.807) is 0 Å². The molecule has 1 heterocycles. The van der Waals surface area contributed by atoms with E-state index < -0.39 is 0 Å². The van der Waals surface area contributed by atoms with E-state index in [1.165, 1.54) is 0 Å². The summed E-state index contributed by atoms with van der Waals surface area (Å²) in [5.74, 6) is 1.83. The first-order chi connectivity index (χ1) is 11.4. The Balaban J connectivity index is 1.54. The van der Waals surface area contributed by atoms with Crippen molar-refractivity contribution in [2.75, 3.05) is 0 Å². The fourth-order valence-corrected chi connectivity index (χ4v) is 2.48. The molecule has 0 spiro atoms. The molecule has 4 aromatic rings. The smallest absolute Gasteiger partial charge is 0.264 e. The first kappa shape index (κ1) is 13.5. The van der Waals surface area contributed by atoms with Crippen molar-refractivity contribution < 1.29 is 9.26 Å². The van der Waals surface area contributed by atoms with Gasteiger partial charge in [-0.2, -0.15) is 4.98 Å². The summed E-state index contributed by atoms with van der Waals surface area (Å²) in [4.78, 5) is 4.37. The van der Waals surface area contributed by atoms with E-state index >= 15 is 0 Å². The molecule has 0 bridgehead atoms. The zero-order chi connectivity index (χ0) is 15.5. The second kappa shape index (κ2) is 5.93. The number of hydrogen-bond acceptors (Lipinski definition) is 4. The van der Waals surface area contributed by atoms with Crippen LogP contribution in [0.2, 0.25) is 0 Å². The van der Waals surface area contributed by atoms with E-state index in [9.17, 15) is 0 Å². The van der Waals surface area contributed by atoms with Crippen LogP contribution < -0.4 is 4.74 Å². The van der Waals surface area contributed by atoms with Crippen molar-refractivity contribution in [3.63, 3.8) is 0 Å². The molecule has 0 saturated heterocycles. The lowest BCUT2D eigenvalue weighted by atomic mass is 10.1. The fourth-order valence-electron chi connectivity index (χ4n) is 2.48. The number of nitrogens with zero attached hydrogens (tertiary/aromatic N) is 2. The normalized spacial score (nSPS) is 10.8. The van der Waals surface area contributed by atoms with Gasteiger partial charge in [-0.15, -0.1) is 0 Å². The molecule has 23 heavy (non-hydrogen) atoms. The molecule has 0 fully saturated rings. The second-order valence-corrected chi connectivity index (χ2v) is 5.14. The highest BCUT2D eigenvalue weighted by Crippen LogP contribution is 2.26. The maximum absolute atomic E-state index is 5.86. The Hall–Kier alpha value is -3.14. The first-order valence-corrected chi connectivity index (χ1v) is 7.39. The number of ether oxygens (including phenoxy) is 1. The lowest BCUT2D eigenvalue weighted by Gasteiger charge is -2.06. The molecule has 1 aromatic heterocycles. The summed E-state index contributed by atoms with van der Waals surface area (Å²) in [5.41, 5.74) is 0.924. The Morgan fingerprint density at radius 1 is 0.826 bits per heavy atom. The van der Waals surface area contributed by atoms with Gasteiger partial charge in [0.05, 0.1) is 0 Å². The molecule has 0 atom stereocenters. The monoisotopic (exact) mass is 302 g/mol. The highest BCUT2D eigenvalue weighted by Gasteiger charge is 2.09. The molecule has 3 aromatic carbocycles. The van der Waals surface area contributed by atoms with E-state index in [-0.39, 0.29) is 6.61 Å². The Kier molecular flexibility index (Phi) is 3.48. The van der Waals surface area contributed by atoms with E-state index in [4.69, 9.17) is 9.26 Å². The Morgan fingerprint density at radius 3 is 2.52 bits per heavy atom. The minimum absolute atomic E-state index is 0.244. The van der Waals surface area contributed by atoms with Gasteiger partial charge in [0, 0.05) is 10.9 Å². The summed E-state index contributed by atoms with van der Waals surface area (Å²) in [7, 11) is 0. The SMILES string of the molecule is c1ccc(-c2noc(COc3cccc4ccccc34)n2)cc1. The van der Waals surface area contributed by atoms with Crippen molar-refractivity contribution in [1.82, 2.24) is 10.1 Å². The quantitative estimate of drug-likeness (QED) is 0.558. The standard InChI is InChI=1S/C19H14N2O2/c1-2-8-15(9-3-1)19-20-18(23-21-19)13-22-17-12-6-10-14-7-4-5-11-16(14)17/h1-12H,13H2. The van der Waals surface area contributed by atoms with Crippen LogP contribution in [0.1, 0.15) is 5.89 Å². The van der Waals surface area contributed by atoms with E-state index in [0.29, 0.717) is 11.7 Å². The van der Waals surface area contributed by atoms with Crippen molar-refractivity contribution in [2.45, 2.75) is 6.61 Å². The van der Waals surface area contributed by atoms with Gasteiger partial charge in [-0.3, -0.25) is 0 Å². The zero-order valence-corrected chi connectivity index (χ0v) is 12.3. The molecule has 4 nitrogen and oxygen atoms in total. The van der Waals surface area contributed by atoms with Gasteiger partial charge in [-0.05, 0) is 11.5 Å². The number of aromatic nitrogens is 2. The van der Waals surface area contributed by atoms with Crippen molar-refractivity contribution in [3.8, 4) is 17.1 Å². The third-order valence-electron chi connectivity index (χ3n) is 3.60. The average Bonchev–Trinajstić information content (AvgIpc) is 3.10. The molecule has 0 N–H and O–H groups in total. The van der Waals surface area contributed by atoms with E-state index in [0.717, 1.165) is 22.1 Å². The molecular weight excluding hydrogens is 288 g/mol. The van der Waals surface area contributed by atoms with Gasteiger partial charge < -0.3 is 9.26 Å². The van der Waals surface area contributed by atoms with Crippen molar-refractivity contribution >= 4 is 10.8 Å². The van der Waals surface area contributed by atoms with Gasteiger partial charge in [0.1, 0.15) is 5.75 Å². The molecule has 0 amide bonds. The predicted octanol–water partition coefficient (Wildman–Crippen LogP) is 4.47. The van der Waals surface area contributed by atoms with Crippen molar-refractivity contribution in [2.24, 2.45) is 0 Å². The van der Waals surface area contributed by atoms with Gasteiger partial charge in [0.15, 0.2) is 6.61 Å².